The van der Waals surface area contributed by atoms with Gasteiger partial charge in [0, 0.05) is 11.3 Å². The fourth-order valence-electron chi connectivity index (χ4n) is 10.0. The van der Waals surface area contributed by atoms with E-state index in [1.807, 2.05) is 0 Å². The molecule has 0 aliphatic heterocycles. The molecule has 0 heterocycles. The van der Waals surface area contributed by atoms with Gasteiger partial charge in [-0.2, -0.15) is 0 Å². The number of aliphatic hydroxyl groups is 2. The minimum absolute atomic E-state index is 0.00550. The molecule has 8 heteroatoms. The van der Waals surface area contributed by atoms with Crippen molar-refractivity contribution in [1.82, 2.24) is 0 Å². The van der Waals surface area contributed by atoms with Crippen molar-refractivity contribution in [3.05, 3.63) is 0 Å². The summed E-state index contributed by atoms with van der Waals surface area (Å²) in [4.78, 5) is 0. The molecule has 4 rings (SSSR count). The second-order valence-corrected chi connectivity index (χ2v) is 16.3. The summed E-state index contributed by atoms with van der Waals surface area (Å²) < 4.78 is 39.2. The second kappa shape index (κ2) is 12.2. The van der Waals surface area contributed by atoms with Crippen LogP contribution in [0.4, 0.5) is 0 Å². The molecule has 12 atom stereocenters. The van der Waals surface area contributed by atoms with E-state index in [1.165, 1.54) is 32.1 Å². The first-order valence-electron chi connectivity index (χ1n) is 14.8. The zero-order valence-corrected chi connectivity index (χ0v) is 25.0. The predicted octanol–water partition coefficient (Wildman–Crippen LogP) is 6.40. The average Bonchev–Trinajstić information content (AvgIpc) is 3.22. The van der Waals surface area contributed by atoms with Gasteiger partial charge in [0.05, 0.1) is 26.4 Å². The highest BCUT2D eigenvalue weighted by atomic mass is 31.1. The fraction of sp³-hybridized carbons (Fsp3) is 1.00. The summed E-state index contributed by atoms with van der Waals surface area (Å²) in [6.45, 7) is 9.60. The van der Waals surface area contributed by atoms with E-state index >= 15 is 0 Å². The Hall–Kier alpha value is 0.300. The molecule has 0 aromatic carbocycles. The van der Waals surface area contributed by atoms with Crippen LogP contribution in [0.5, 0.6) is 0 Å². The van der Waals surface area contributed by atoms with Gasteiger partial charge in [-0.1, -0.05) is 53.4 Å². The van der Waals surface area contributed by atoms with E-state index in [0.717, 1.165) is 32.1 Å². The van der Waals surface area contributed by atoms with Crippen LogP contribution in [0.15, 0.2) is 0 Å². The minimum atomic E-state index is -2.35. The zero-order chi connectivity index (χ0) is 26.1. The second-order valence-electron chi connectivity index (χ2n) is 13.0. The zero-order valence-electron chi connectivity index (χ0n) is 23.0. The Kier molecular flexibility index (Phi) is 9.94. The smallest absolute Gasteiger partial charge is 0.195 e. The molecule has 0 aromatic rings. The lowest BCUT2D eigenvalue weighted by molar-refractivity contribution is -0.111. The molecule has 4 fully saturated rings. The third-order valence-corrected chi connectivity index (χ3v) is 15.2. The fourth-order valence-corrected chi connectivity index (χ4v) is 13.7. The van der Waals surface area contributed by atoms with Gasteiger partial charge in [-0.05, 0) is 84.9 Å². The number of rotatable bonds is 11. The van der Waals surface area contributed by atoms with Crippen LogP contribution >= 0.6 is 16.1 Å². The van der Waals surface area contributed by atoms with Gasteiger partial charge in [-0.15, -0.1) is 0 Å². The molecular formula is C28H52O6P2. The highest BCUT2D eigenvalue weighted by Gasteiger charge is 2.67. The summed E-state index contributed by atoms with van der Waals surface area (Å²) in [6, 6.07) is 0. The Morgan fingerprint density at radius 1 is 0.944 bits per heavy atom. The van der Waals surface area contributed by atoms with Crippen molar-refractivity contribution in [3.8, 4) is 0 Å². The molecule has 6 nitrogen and oxygen atoms in total. The van der Waals surface area contributed by atoms with Crippen LogP contribution in [0.3, 0.4) is 0 Å². The lowest BCUT2D eigenvalue weighted by Gasteiger charge is -2.64. The molecule has 3 unspecified atom stereocenters. The quantitative estimate of drug-likeness (QED) is 0.292. The standard InChI is InChI=1S/C28H52O6P2/c1-5-8-19(2)21-10-11-22-26-23(18-25(28(21,22)4)36(32)34-16-14-30)27(3)12-7-6-9-20(27)17-24(26)35(31)33-15-13-29/h19-26,29-30,35-36H,5-18H2,1-4H3/t19-,20?,21-,22+,23+,24+,25-,26+,27+,28-/m1/s1. The highest BCUT2D eigenvalue weighted by Crippen LogP contribution is 2.73. The molecule has 4 aliphatic carbocycles. The van der Waals surface area contributed by atoms with Gasteiger partial charge in [-0.3, -0.25) is 9.13 Å². The number of hydrogen-bond donors (Lipinski definition) is 2. The topological polar surface area (TPSA) is 93.1 Å². The van der Waals surface area contributed by atoms with Crippen molar-refractivity contribution in [3.63, 3.8) is 0 Å². The molecule has 2 N–H and O–H groups in total. The molecule has 4 aliphatic rings. The van der Waals surface area contributed by atoms with Crippen molar-refractivity contribution >= 4 is 16.1 Å². The van der Waals surface area contributed by atoms with E-state index in [0.29, 0.717) is 35.5 Å². The van der Waals surface area contributed by atoms with Crippen LogP contribution in [0.25, 0.3) is 0 Å². The first-order chi connectivity index (χ1) is 17.2. The van der Waals surface area contributed by atoms with Crippen LogP contribution < -0.4 is 0 Å². The van der Waals surface area contributed by atoms with Crippen LogP contribution in [0.2, 0.25) is 0 Å². The Labute approximate surface area is 220 Å². The molecule has 0 bridgehead atoms. The first-order valence-corrected chi connectivity index (χ1v) is 17.6. The average molecular weight is 547 g/mol. The number of hydrogen-bond acceptors (Lipinski definition) is 6. The van der Waals surface area contributed by atoms with Gasteiger partial charge in [0.2, 0.25) is 0 Å². The summed E-state index contributed by atoms with van der Waals surface area (Å²) in [5.74, 6) is 2.64. The van der Waals surface area contributed by atoms with Crippen molar-refractivity contribution < 1.29 is 28.4 Å². The molecule has 0 amide bonds. The third-order valence-electron chi connectivity index (χ3n) is 11.5. The SMILES string of the molecule is CCC[C@@H](C)[C@H]1CC[C@H]2[C@@H]3[C@@H]([PH](=O)OCCO)CC4CCCC[C@]4(C)[C@H]3C[C@@H]([PH](=O)OCCO)[C@]12C. The summed E-state index contributed by atoms with van der Waals surface area (Å²) in [7, 11) is -4.66. The monoisotopic (exact) mass is 546 g/mol. The van der Waals surface area contributed by atoms with Crippen LogP contribution in [-0.2, 0) is 18.2 Å². The number of aliphatic hydroxyl groups excluding tert-OH is 2. The van der Waals surface area contributed by atoms with Crippen LogP contribution in [-0.4, -0.2) is 48.0 Å². The maximum Gasteiger partial charge on any atom is 0.195 e. The van der Waals surface area contributed by atoms with Crippen LogP contribution in [0.1, 0.15) is 91.9 Å². The maximum atomic E-state index is 13.9. The maximum absolute atomic E-state index is 13.9. The molecule has 4 saturated carbocycles. The van der Waals surface area contributed by atoms with E-state index in [-0.39, 0.29) is 48.6 Å². The van der Waals surface area contributed by atoms with E-state index < -0.39 is 16.1 Å². The van der Waals surface area contributed by atoms with Gasteiger partial charge in [0.1, 0.15) is 0 Å². The van der Waals surface area contributed by atoms with Gasteiger partial charge in [-0.25, -0.2) is 0 Å². The largest absolute Gasteiger partial charge is 0.394 e. The summed E-state index contributed by atoms with van der Waals surface area (Å²) in [6.07, 6.45) is 11.3. The van der Waals surface area contributed by atoms with Crippen LogP contribution in [0, 0.1) is 46.3 Å². The summed E-state index contributed by atoms with van der Waals surface area (Å²) in [5, 5.41) is 18.8. The Bertz CT molecular complexity index is 794. The molecule has 0 saturated heterocycles. The first kappa shape index (κ1) is 29.3. The van der Waals surface area contributed by atoms with Gasteiger partial charge >= 0.3 is 0 Å². The van der Waals surface area contributed by atoms with Crippen molar-refractivity contribution in [2.75, 3.05) is 26.4 Å². The Morgan fingerprint density at radius 2 is 1.64 bits per heavy atom. The van der Waals surface area contributed by atoms with Crippen molar-refractivity contribution in [2.45, 2.75) is 103 Å². The molecule has 0 aromatic heterocycles. The number of fused-ring (bicyclic) bond motifs is 5. The Balaban J connectivity index is 1.77. The lowest BCUT2D eigenvalue weighted by Crippen LogP contribution is -2.60. The van der Waals surface area contributed by atoms with E-state index in [4.69, 9.17) is 9.05 Å². The predicted molar refractivity (Wildman–Crippen MR) is 146 cm³/mol. The molecule has 0 spiro atoms. The van der Waals surface area contributed by atoms with Gasteiger partial charge in [0.15, 0.2) is 16.1 Å². The normalized spacial score (nSPS) is 44.8. The van der Waals surface area contributed by atoms with E-state index in [2.05, 4.69) is 27.7 Å². The van der Waals surface area contributed by atoms with Gasteiger partial charge in [0.25, 0.3) is 0 Å². The molecular weight excluding hydrogens is 494 g/mol. The van der Waals surface area contributed by atoms with E-state index in [9.17, 15) is 19.3 Å². The minimum Gasteiger partial charge on any atom is -0.394 e. The third kappa shape index (κ3) is 5.11. The lowest BCUT2D eigenvalue weighted by atomic mass is 9.44. The molecule has 36 heavy (non-hydrogen) atoms. The van der Waals surface area contributed by atoms with Crippen molar-refractivity contribution in [1.29, 1.82) is 0 Å². The highest BCUT2D eigenvalue weighted by molar-refractivity contribution is 7.40. The van der Waals surface area contributed by atoms with E-state index in [1.54, 1.807) is 0 Å². The molecule has 210 valence electrons. The Morgan fingerprint density at radius 3 is 2.31 bits per heavy atom. The van der Waals surface area contributed by atoms with Gasteiger partial charge < -0.3 is 19.3 Å². The summed E-state index contributed by atoms with van der Waals surface area (Å²) >= 11 is 0. The molecule has 0 radical (unpaired) electrons. The van der Waals surface area contributed by atoms with Crippen molar-refractivity contribution in [2.24, 2.45) is 46.3 Å². The summed E-state index contributed by atoms with van der Waals surface area (Å²) in [5.41, 5.74) is 0.126.